The van der Waals surface area contributed by atoms with Crippen molar-refractivity contribution in [3.63, 3.8) is 0 Å². The first kappa shape index (κ1) is 13.1. The van der Waals surface area contributed by atoms with E-state index in [1.807, 2.05) is 0 Å². The fourth-order valence-electron chi connectivity index (χ4n) is 1.68. The van der Waals surface area contributed by atoms with Gasteiger partial charge < -0.3 is 16.0 Å². The Balaban J connectivity index is 1.79. The van der Waals surface area contributed by atoms with Gasteiger partial charge in [-0.05, 0) is 24.6 Å². The number of rotatable bonds is 5. The number of nitrogens with one attached hydrogen (secondary N) is 2. The number of halogens is 1. The summed E-state index contributed by atoms with van der Waals surface area (Å²) < 4.78 is 13.0. The van der Waals surface area contributed by atoms with Gasteiger partial charge in [-0.1, -0.05) is 0 Å². The minimum absolute atomic E-state index is 0.0248. The van der Waals surface area contributed by atoms with Crippen molar-refractivity contribution in [2.24, 2.45) is 0 Å². The summed E-state index contributed by atoms with van der Waals surface area (Å²) in [5, 5.41) is 2.75. The van der Waals surface area contributed by atoms with Gasteiger partial charge in [0, 0.05) is 30.9 Å². The van der Waals surface area contributed by atoms with Gasteiger partial charge in [-0.2, -0.15) is 0 Å². The second kappa shape index (κ2) is 5.99. The van der Waals surface area contributed by atoms with Gasteiger partial charge in [0.25, 0.3) is 5.91 Å². The van der Waals surface area contributed by atoms with Gasteiger partial charge in [-0.15, -0.1) is 0 Å². The zero-order valence-electron chi connectivity index (χ0n) is 10.3. The molecule has 19 heavy (non-hydrogen) atoms. The number of benzene rings is 1. The lowest BCUT2D eigenvalue weighted by molar-refractivity contribution is 0.0953. The lowest BCUT2D eigenvalue weighted by Gasteiger charge is -2.05. The number of amides is 1. The maximum Gasteiger partial charge on any atom is 0.251 e. The fraction of sp³-hybridized carbons (Fsp3) is 0.231. The maximum absolute atomic E-state index is 13.0. The van der Waals surface area contributed by atoms with Crippen molar-refractivity contribution >= 4 is 11.6 Å². The van der Waals surface area contributed by atoms with Crippen LogP contribution in [0, 0.1) is 5.82 Å². The molecule has 0 aliphatic carbocycles. The van der Waals surface area contributed by atoms with Gasteiger partial charge in [0.1, 0.15) is 11.6 Å². The van der Waals surface area contributed by atoms with Crippen LogP contribution < -0.4 is 11.1 Å². The Labute approximate surface area is 110 Å². The molecule has 2 aromatic rings. The highest BCUT2D eigenvalue weighted by molar-refractivity contribution is 5.94. The number of aromatic nitrogens is 2. The molecule has 0 saturated heterocycles. The van der Waals surface area contributed by atoms with Gasteiger partial charge in [-0.3, -0.25) is 4.79 Å². The van der Waals surface area contributed by atoms with Crippen molar-refractivity contribution in [2.45, 2.75) is 12.8 Å². The molecule has 0 bridgehead atoms. The lowest BCUT2D eigenvalue weighted by Crippen LogP contribution is -2.25. The van der Waals surface area contributed by atoms with E-state index in [4.69, 9.17) is 5.73 Å². The third kappa shape index (κ3) is 3.54. The fourth-order valence-corrected chi connectivity index (χ4v) is 1.68. The Morgan fingerprint density at radius 3 is 3.00 bits per heavy atom. The van der Waals surface area contributed by atoms with Crippen LogP contribution in [0.1, 0.15) is 22.6 Å². The van der Waals surface area contributed by atoms with Crippen LogP contribution in [0.15, 0.2) is 30.6 Å². The molecule has 100 valence electrons. The number of nitrogens with zero attached hydrogens (tertiary/aromatic N) is 1. The second-order valence-electron chi connectivity index (χ2n) is 4.13. The summed E-state index contributed by atoms with van der Waals surface area (Å²) in [5.41, 5.74) is 5.74. The molecular weight excluding hydrogens is 247 g/mol. The van der Waals surface area contributed by atoms with E-state index in [0.717, 1.165) is 18.7 Å². The quantitative estimate of drug-likeness (QED) is 0.564. The minimum Gasteiger partial charge on any atom is -0.396 e. The van der Waals surface area contributed by atoms with Crippen molar-refractivity contribution in [3.05, 3.63) is 47.8 Å². The van der Waals surface area contributed by atoms with Gasteiger partial charge in [-0.25, -0.2) is 9.37 Å². The first-order valence-corrected chi connectivity index (χ1v) is 5.98. The zero-order chi connectivity index (χ0) is 13.7. The van der Waals surface area contributed by atoms with Gasteiger partial charge in [0.15, 0.2) is 0 Å². The Morgan fingerprint density at radius 1 is 1.47 bits per heavy atom. The van der Waals surface area contributed by atoms with E-state index < -0.39 is 5.82 Å². The maximum atomic E-state index is 13.0. The molecule has 1 aromatic carbocycles. The van der Waals surface area contributed by atoms with E-state index in [1.54, 1.807) is 12.4 Å². The average molecular weight is 262 g/mol. The Bertz CT molecular complexity index is 554. The van der Waals surface area contributed by atoms with Crippen LogP contribution in [0.5, 0.6) is 0 Å². The van der Waals surface area contributed by atoms with Crippen LogP contribution in [0.3, 0.4) is 0 Å². The molecule has 0 saturated carbocycles. The number of aryl methyl sites for hydroxylation is 1. The van der Waals surface area contributed by atoms with E-state index in [0.29, 0.717) is 12.1 Å². The second-order valence-corrected chi connectivity index (χ2v) is 4.13. The molecule has 0 atom stereocenters. The Kier molecular flexibility index (Phi) is 4.12. The third-order valence-electron chi connectivity index (χ3n) is 2.69. The summed E-state index contributed by atoms with van der Waals surface area (Å²) in [6.07, 6.45) is 4.99. The summed E-state index contributed by atoms with van der Waals surface area (Å²) in [4.78, 5) is 18.8. The Morgan fingerprint density at radius 2 is 2.32 bits per heavy atom. The largest absolute Gasteiger partial charge is 0.396 e. The van der Waals surface area contributed by atoms with Crippen molar-refractivity contribution in [1.29, 1.82) is 0 Å². The molecular formula is C13H15FN4O. The van der Waals surface area contributed by atoms with Crippen molar-refractivity contribution in [2.75, 3.05) is 12.3 Å². The van der Waals surface area contributed by atoms with E-state index >= 15 is 0 Å². The highest BCUT2D eigenvalue weighted by Gasteiger charge is 2.07. The van der Waals surface area contributed by atoms with Gasteiger partial charge >= 0.3 is 0 Å². The molecule has 1 heterocycles. The number of aromatic amines is 1. The molecule has 0 spiro atoms. The number of carbonyl (C=O) groups excluding carboxylic acids is 1. The number of carbonyl (C=O) groups is 1. The molecule has 4 N–H and O–H groups in total. The highest BCUT2D eigenvalue weighted by atomic mass is 19.1. The molecule has 1 aromatic heterocycles. The van der Waals surface area contributed by atoms with Gasteiger partial charge in [0.2, 0.25) is 0 Å². The smallest absolute Gasteiger partial charge is 0.251 e. The predicted octanol–water partition coefficient (Wildman–Crippen LogP) is 1.49. The lowest BCUT2D eigenvalue weighted by atomic mass is 10.2. The predicted molar refractivity (Wildman–Crippen MR) is 70.1 cm³/mol. The van der Waals surface area contributed by atoms with Crippen molar-refractivity contribution in [1.82, 2.24) is 15.3 Å². The number of anilines is 1. The molecule has 0 unspecified atom stereocenters. The number of hydrogen-bond donors (Lipinski definition) is 3. The normalized spacial score (nSPS) is 10.4. The van der Waals surface area contributed by atoms with Crippen LogP contribution in [0.25, 0.3) is 0 Å². The molecule has 2 rings (SSSR count). The molecule has 0 aliphatic rings. The van der Waals surface area contributed by atoms with E-state index in [1.165, 1.54) is 18.2 Å². The first-order valence-electron chi connectivity index (χ1n) is 5.98. The topological polar surface area (TPSA) is 83.8 Å². The first-order chi connectivity index (χ1) is 9.16. The SMILES string of the molecule is Nc1cc(C(=O)NCCCc2ncc[nH]2)ccc1F. The zero-order valence-corrected chi connectivity index (χ0v) is 10.3. The molecule has 5 nitrogen and oxygen atoms in total. The van der Waals surface area contributed by atoms with E-state index in [-0.39, 0.29) is 11.6 Å². The molecule has 0 fully saturated rings. The van der Waals surface area contributed by atoms with E-state index in [9.17, 15) is 9.18 Å². The van der Waals surface area contributed by atoms with Crippen LogP contribution in [0.2, 0.25) is 0 Å². The summed E-state index contributed by atoms with van der Waals surface area (Å²) in [6, 6.07) is 3.93. The number of H-pyrrole nitrogens is 1. The van der Waals surface area contributed by atoms with Crippen LogP contribution in [-0.4, -0.2) is 22.4 Å². The Hall–Kier alpha value is -2.37. The number of nitrogen functional groups attached to an aromatic ring is 1. The number of nitrogens with two attached hydrogens (primary N) is 1. The van der Waals surface area contributed by atoms with Crippen LogP contribution in [0.4, 0.5) is 10.1 Å². The van der Waals surface area contributed by atoms with E-state index in [2.05, 4.69) is 15.3 Å². The molecule has 6 heteroatoms. The average Bonchev–Trinajstić information content (AvgIpc) is 2.91. The van der Waals surface area contributed by atoms with Crippen molar-refractivity contribution < 1.29 is 9.18 Å². The highest BCUT2D eigenvalue weighted by Crippen LogP contribution is 2.11. The van der Waals surface area contributed by atoms with Crippen molar-refractivity contribution in [3.8, 4) is 0 Å². The number of imidazole rings is 1. The summed E-state index contributed by atoms with van der Waals surface area (Å²) >= 11 is 0. The number of hydrogen-bond acceptors (Lipinski definition) is 3. The van der Waals surface area contributed by atoms with Crippen LogP contribution in [-0.2, 0) is 6.42 Å². The minimum atomic E-state index is -0.519. The molecule has 0 aliphatic heterocycles. The molecule has 0 radical (unpaired) electrons. The summed E-state index contributed by atoms with van der Waals surface area (Å²) in [6.45, 7) is 0.525. The standard InChI is InChI=1S/C13H15FN4O/c14-10-4-3-9(8-11(10)15)13(19)18-5-1-2-12-16-6-7-17-12/h3-4,6-8H,1-2,5,15H2,(H,16,17)(H,18,19). The van der Waals surface area contributed by atoms with Gasteiger partial charge in [0.05, 0.1) is 5.69 Å². The molecule has 1 amide bonds. The third-order valence-corrected chi connectivity index (χ3v) is 2.69. The summed E-state index contributed by atoms with van der Waals surface area (Å²) in [7, 11) is 0. The summed E-state index contributed by atoms with van der Waals surface area (Å²) in [5.74, 6) is 0.112. The monoisotopic (exact) mass is 262 g/mol. The van der Waals surface area contributed by atoms with Crippen LogP contribution >= 0.6 is 0 Å².